The molecule has 0 spiro atoms. The molecular weight excluding hydrogens is 312 g/mol. The first-order valence-electron chi connectivity index (χ1n) is 6.13. The van der Waals surface area contributed by atoms with Gasteiger partial charge < -0.3 is 14.7 Å². The van der Waals surface area contributed by atoms with Gasteiger partial charge in [0.2, 0.25) is 0 Å². The third kappa shape index (κ3) is 4.03. The standard InChI is InChI=1S/C14H15ClN2O3S/c1-17(8-10-4-6-13(15)21-10)9-3-5-11(16-14(18)19)12(7-9)20-2/h3-7,16H,8H2,1-2H3,(H,18,19). The number of ether oxygens (including phenoxy) is 1. The van der Waals surface area contributed by atoms with Gasteiger partial charge in [-0.1, -0.05) is 11.6 Å². The predicted octanol–water partition coefficient (Wildman–Crippen LogP) is 4.14. The molecule has 1 aromatic carbocycles. The number of hydrogen-bond acceptors (Lipinski definition) is 4. The Morgan fingerprint density at radius 2 is 2.19 bits per heavy atom. The van der Waals surface area contributed by atoms with Crippen LogP contribution in [-0.4, -0.2) is 25.4 Å². The molecule has 2 rings (SSSR count). The Morgan fingerprint density at radius 3 is 2.76 bits per heavy atom. The Labute approximate surface area is 131 Å². The van der Waals surface area contributed by atoms with Crippen LogP contribution in [-0.2, 0) is 6.54 Å². The molecule has 0 saturated carbocycles. The first-order valence-corrected chi connectivity index (χ1v) is 7.32. The summed E-state index contributed by atoms with van der Waals surface area (Å²) < 4.78 is 5.98. The number of halogens is 1. The van der Waals surface area contributed by atoms with Gasteiger partial charge in [-0.15, -0.1) is 11.3 Å². The molecule has 0 fully saturated rings. The van der Waals surface area contributed by atoms with E-state index in [4.69, 9.17) is 21.4 Å². The number of benzene rings is 1. The molecule has 0 radical (unpaired) electrons. The summed E-state index contributed by atoms with van der Waals surface area (Å²) in [6.07, 6.45) is -1.12. The Morgan fingerprint density at radius 1 is 1.43 bits per heavy atom. The molecule has 0 saturated heterocycles. The summed E-state index contributed by atoms with van der Waals surface area (Å²) in [5.74, 6) is 0.478. The summed E-state index contributed by atoms with van der Waals surface area (Å²) in [7, 11) is 3.46. The van der Waals surface area contributed by atoms with E-state index in [9.17, 15) is 4.79 Å². The minimum atomic E-state index is -1.12. The molecule has 21 heavy (non-hydrogen) atoms. The lowest BCUT2D eigenvalue weighted by Crippen LogP contribution is -2.16. The molecule has 2 aromatic rings. The van der Waals surface area contributed by atoms with Crippen molar-refractivity contribution < 1.29 is 14.6 Å². The lowest BCUT2D eigenvalue weighted by Gasteiger charge is -2.20. The summed E-state index contributed by atoms with van der Waals surface area (Å²) >= 11 is 7.46. The third-order valence-electron chi connectivity index (χ3n) is 2.89. The van der Waals surface area contributed by atoms with E-state index in [1.165, 1.54) is 18.4 Å². The molecule has 0 aliphatic heterocycles. The van der Waals surface area contributed by atoms with Crippen LogP contribution in [0.5, 0.6) is 5.75 Å². The smallest absolute Gasteiger partial charge is 0.409 e. The second kappa shape index (κ2) is 6.69. The minimum absolute atomic E-state index is 0.418. The van der Waals surface area contributed by atoms with Gasteiger partial charge in [-0.2, -0.15) is 0 Å². The van der Waals surface area contributed by atoms with Crippen LogP contribution in [0.15, 0.2) is 30.3 Å². The Bertz CT molecular complexity index is 645. The van der Waals surface area contributed by atoms with Crippen molar-refractivity contribution in [3.63, 3.8) is 0 Å². The highest BCUT2D eigenvalue weighted by Gasteiger charge is 2.10. The molecule has 5 nitrogen and oxygen atoms in total. The molecule has 0 bridgehead atoms. The van der Waals surface area contributed by atoms with E-state index in [2.05, 4.69) is 5.32 Å². The molecule has 0 aliphatic rings. The van der Waals surface area contributed by atoms with Crippen molar-refractivity contribution in [3.05, 3.63) is 39.5 Å². The lowest BCUT2D eigenvalue weighted by molar-refractivity contribution is 0.209. The van der Waals surface area contributed by atoms with E-state index in [0.29, 0.717) is 18.0 Å². The number of thiophene rings is 1. The summed E-state index contributed by atoms with van der Waals surface area (Å²) in [6.45, 7) is 0.715. The molecule has 2 N–H and O–H groups in total. The highest BCUT2D eigenvalue weighted by atomic mass is 35.5. The number of nitrogens with zero attached hydrogens (tertiary/aromatic N) is 1. The predicted molar refractivity (Wildman–Crippen MR) is 86.1 cm³/mol. The molecule has 7 heteroatoms. The van der Waals surface area contributed by atoms with Gasteiger partial charge in [0.25, 0.3) is 0 Å². The van der Waals surface area contributed by atoms with Crippen molar-refractivity contribution in [3.8, 4) is 5.75 Å². The van der Waals surface area contributed by atoms with Gasteiger partial charge in [0.15, 0.2) is 0 Å². The summed E-state index contributed by atoms with van der Waals surface area (Å²) in [5, 5.41) is 11.1. The molecule has 1 amide bonds. The highest BCUT2D eigenvalue weighted by molar-refractivity contribution is 7.16. The Balaban J connectivity index is 2.17. The van der Waals surface area contributed by atoms with Crippen molar-refractivity contribution in [2.75, 3.05) is 24.4 Å². The molecule has 0 aliphatic carbocycles. The van der Waals surface area contributed by atoms with E-state index in [0.717, 1.165) is 14.9 Å². The molecule has 112 valence electrons. The maximum Gasteiger partial charge on any atom is 0.409 e. The normalized spacial score (nSPS) is 10.2. The monoisotopic (exact) mass is 326 g/mol. The number of rotatable bonds is 5. The van der Waals surface area contributed by atoms with E-state index < -0.39 is 6.09 Å². The maximum atomic E-state index is 10.7. The number of methoxy groups -OCH3 is 1. The van der Waals surface area contributed by atoms with Gasteiger partial charge in [-0.3, -0.25) is 5.32 Å². The van der Waals surface area contributed by atoms with Crippen molar-refractivity contribution >= 4 is 40.4 Å². The van der Waals surface area contributed by atoms with Gasteiger partial charge in [-0.25, -0.2) is 4.79 Å². The fourth-order valence-electron chi connectivity index (χ4n) is 1.90. The van der Waals surface area contributed by atoms with Crippen LogP contribution in [0.1, 0.15) is 4.88 Å². The first kappa shape index (κ1) is 15.5. The number of carbonyl (C=O) groups is 1. The van der Waals surface area contributed by atoms with Crippen molar-refractivity contribution in [1.29, 1.82) is 0 Å². The molecular formula is C14H15ClN2O3S. The van der Waals surface area contributed by atoms with E-state index in [-0.39, 0.29) is 0 Å². The number of hydrogen-bond donors (Lipinski definition) is 2. The largest absolute Gasteiger partial charge is 0.494 e. The van der Waals surface area contributed by atoms with Crippen LogP contribution in [0.4, 0.5) is 16.2 Å². The van der Waals surface area contributed by atoms with Gasteiger partial charge in [0, 0.05) is 23.7 Å². The molecule has 1 aromatic heterocycles. The number of anilines is 2. The fraction of sp³-hybridized carbons (Fsp3) is 0.214. The second-order valence-corrected chi connectivity index (χ2v) is 6.18. The summed E-state index contributed by atoms with van der Waals surface area (Å²) in [4.78, 5) is 13.9. The number of amides is 1. The van der Waals surface area contributed by atoms with E-state index >= 15 is 0 Å². The second-order valence-electron chi connectivity index (χ2n) is 4.38. The van der Waals surface area contributed by atoms with Crippen LogP contribution in [0.2, 0.25) is 4.34 Å². The van der Waals surface area contributed by atoms with Crippen LogP contribution >= 0.6 is 22.9 Å². The van der Waals surface area contributed by atoms with Crippen LogP contribution in [0.25, 0.3) is 0 Å². The van der Waals surface area contributed by atoms with E-state index in [1.807, 2.05) is 30.1 Å². The number of nitrogens with one attached hydrogen (secondary N) is 1. The van der Waals surface area contributed by atoms with Gasteiger partial charge in [0.05, 0.1) is 23.7 Å². The van der Waals surface area contributed by atoms with Gasteiger partial charge >= 0.3 is 6.09 Å². The SMILES string of the molecule is COc1cc(N(C)Cc2ccc(Cl)s2)ccc1NC(=O)O. The quantitative estimate of drug-likeness (QED) is 0.867. The Kier molecular flexibility index (Phi) is 4.93. The average Bonchev–Trinajstić information content (AvgIpc) is 2.83. The fourth-order valence-corrected chi connectivity index (χ4v) is 3.04. The van der Waals surface area contributed by atoms with Crippen molar-refractivity contribution in [2.45, 2.75) is 6.54 Å². The lowest BCUT2D eigenvalue weighted by atomic mass is 10.2. The third-order valence-corrected chi connectivity index (χ3v) is 4.11. The van der Waals surface area contributed by atoms with Crippen LogP contribution < -0.4 is 15.0 Å². The summed E-state index contributed by atoms with van der Waals surface area (Å²) in [6, 6.07) is 9.17. The van der Waals surface area contributed by atoms with Gasteiger partial charge in [-0.05, 0) is 24.3 Å². The number of carboxylic acid groups (broad SMARTS) is 1. The van der Waals surface area contributed by atoms with Crippen LogP contribution in [0.3, 0.4) is 0 Å². The molecule has 1 heterocycles. The summed E-state index contributed by atoms with van der Waals surface area (Å²) in [5.41, 5.74) is 1.34. The topological polar surface area (TPSA) is 61.8 Å². The van der Waals surface area contributed by atoms with Gasteiger partial charge in [0.1, 0.15) is 5.75 Å². The van der Waals surface area contributed by atoms with Crippen molar-refractivity contribution in [1.82, 2.24) is 0 Å². The van der Waals surface area contributed by atoms with Crippen LogP contribution in [0, 0.1) is 0 Å². The zero-order valence-corrected chi connectivity index (χ0v) is 13.2. The average molecular weight is 327 g/mol. The van der Waals surface area contributed by atoms with Crippen molar-refractivity contribution in [2.24, 2.45) is 0 Å². The molecule has 0 atom stereocenters. The Hall–Kier alpha value is -1.92. The minimum Gasteiger partial charge on any atom is -0.494 e. The zero-order valence-electron chi connectivity index (χ0n) is 11.6. The first-order chi connectivity index (χ1) is 9.99. The van der Waals surface area contributed by atoms with E-state index in [1.54, 1.807) is 12.1 Å². The highest BCUT2D eigenvalue weighted by Crippen LogP contribution is 2.31. The maximum absolute atomic E-state index is 10.7. The molecule has 0 unspecified atom stereocenters. The zero-order chi connectivity index (χ0) is 15.4.